The molecule has 0 spiro atoms. The summed E-state index contributed by atoms with van der Waals surface area (Å²) in [5, 5.41) is 2.84. The summed E-state index contributed by atoms with van der Waals surface area (Å²) >= 11 is 1.56. The third kappa shape index (κ3) is 5.28. The summed E-state index contributed by atoms with van der Waals surface area (Å²) in [6, 6.07) is 11.6. The van der Waals surface area contributed by atoms with Crippen LogP contribution in [0.3, 0.4) is 0 Å². The molecule has 0 aliphatic carbocycles. The molecule has 1 aromatic carbocycles. The number of benzene rings is 1. The molecular formula is C18H22N2O2S. The fraction of sp³-hybridized carbons (Fsp3) is 0.333. The van der Waals surface area contributed by atoms with E-state index in [1.54, 1.807) is 31.3 Å². The normalized spacial score (nSPS) is 12.0. The number of nitrogens with one attached hydrogen (secondary N) is 1. The minimum Gasteiger partial charge on any atom is -0.497 e. The first-order chi connectivity index (χ1) is 11.1. The van der Waals surface area contributed by atoms with Crippen molar-refractivity contribution in [3.63, 3.8) is 0 Å². The Morgan fingerprint density at radius 1 is 1.30 bits per heavy atom. The van der Waals surface area contributed by atoms with Gasteiger partial charge >= 0.3 is 0 Å². The topological polar surface area (TPSA) is 51.2 Å². The molecule has 0 saturated carbocycles. The second-order valence-corrected chi connectivity index (χ2v) is 6.76. The number of pyridine rings is 1. The molecule has 1 heterocycles. The summed E-state index contributed by atoms with van der Waals surface area (Å²) in [4.78, 5) is 17.6. The first-order valence-corrected chi connectivity index (χ1v) is 8.45. The molecule has 0 fully saturated rings. The van der Waals surface area contributed by atoms with E-state index in [2.05, 4.69) is 24.1 Å². The number of amides is 1. The van der Waals surface area contributed by atoms with E-state index in [0.29, 0.717) is 6.54 Å². The Morgan fingerprint density at radius 2 is 2.13 bits per heavy atom. The summed E-state index contributed by atoms with van der Waals surface area (Å²) in [6.07, 6.45) is 3.49. The maximum Gasteiger partial charge on any atom is 0.234 e. The van der Waals surface area contributed by atoms with E-state index in [1.807, 2.05) is 36.4 Å². The highest BCUT2D eigenvalue weighted by molar-refractivity contribution is 8.00. The van der Waals surface area contributed by atoms with Crippen LogP contribution in [0.2, 0.25) is 0 Å². The average Bonchev–Trinajstić information content (AvgIpc) is 2.58. The van der Waals surface area contributed by atoms with Crippen LogP contribution in [0.15, 0.2) is 53.7 Å². The lowest BCUT2D eigenvalue weighted by atomic mass is 10.1. The third-order valence-electron chi connectivity index (χ3n) is 3.36. The van der Waals surface area contributed by atoms with Crippen LogP contribution in [0, 0.1) is 5.92 Å². The number of aromatic nitrogens is 1. The van der Waals surface area contributed by atoms with E-state index >= 15 is 0 Å². The molecule has 1 N–H and O–H groups in total. The molecule has 0 saturated heterocycles. The molecule has 0 aliphatic rings. The quantitative estimate of drug-likeness (QED) is 0.789. The van der Waals surface area contributed by atoms with E-state index < -0.39 is 0 Å². The highest BCUT2D eigenvalue weighted by atomic mass is 32.2. The predicted molar refractivity (Wildman–Crippen MR) is 93.6 cm³/mol. The molecule has 0 bridgehead atoms. The van der Waals surface area contributed by atoms with Gasteiger partial charge in [-0.25, -0.2) is 0 Å². The SMILES string of the molecule is COc1cccc(SC(C(=O)NCc2cccnc2)C(C)C)c1. The molecule has 4 nitrogen and oxygen atoms in total. The van der Waals surface area contributed by atoms with Gasteiger partial charge in [-0.2, -0.15) is 0 Å². The van der Waals surface area contributed by atoms with E-state index in [9.17, 15) is 4.79 Å². The van der Waals surface area contributed by atoms with Crippen LogP contribution < -0.4 is 10.1 Å². The Morgan fingerprint density at radius 3 is 2.78 bits per heavy atom. The Balaban J connectivity index is 2.00. The van der Waals surface area contributed by atoms with Crippen molar-refractivity contribution < 1.29 is 9.53 Å². The predicted octanol–water partition coefficient (Wildman–Crippen LogP) is 3.52. The molecule has 1 aromatic heterocycles. The van der Waals surface area contributed by atoms with Gasteiger partial charge in [0.2, 0.25) is 5.91 Å². The number of methoxy groups -OCH3 is 1. The smallest absolute Gasteiger partial charge is 0.234 e. The second-order valence-electron chi connectivity index (χ2n) is 5.54. The Hall–Kier alpha value is -2.01. The van der Waals surface area contributed by atoms with Gasteiger partial charge in [0, 0.05) is 23.8 Å². The number of ether oxygens (including phenoxy) is 1. The van der Waals surface area contributed by atoms with Gasteiger partial charge in [-0.1, -0.05) is 26.0 Å². The maximum absolute atomic E-state index is 12.5. The molecule has 1 amide bonds. The van der Waals surface area contributed by atoms with Crippen LogP contribution >= 0.6 is 11.8 Å². The molecule has 5 heteroatoms. The van der Waals surface area contributed by atoms with Gasteiger partial charge in [0.15, 0.2) is 0 Å². The Labute approximate surface area is 141 Å². The zero-order valence-electron chi connectivity index (χ0n) is 13.7. The van der Waals surface area contributed by atoms with Crippen molar-refractivity contribution in [3.8, 4) is 5.75 Å². The van der Waals surface area contributed by atoms with E-state index in [4.69, 9.17) is 4.74 Å². The van der Waals surface area contributed by atoms with Gasteiger partial charge in [0.25, 0.3) is 0 Å². The molecule has 122 valence electrons. The first kappa shape index (κ1) is 17.3. The Bertz CT molecular complexity index is 632. The summed E-state index contributed by atoms with van der Waals surface area (Å²) in [6.45, 7) is 4.61. The van der Waals surface area contributed by atoms with Gasteiger partial charge in [-0.05, 0) is 35.7 Å². The van der Waals surface area contributed by atoms with E-state index in [1.165, 1.54) is 0 Å². The van der Waals surface area contributed by atoms with Crippen LogP contribution in [-0.4, -0.2) is 23.3 Å². The minimum atomic E-state index is -0.154. The standard InChI is InChI=1S/C18H22N2O2S/c1-13(2)17(23-16-8-4-7-15(10-16)22-3)18(21)20-12-14-6-5-9-19-11-14/h4-11,13,17H,12H2,1-3H3,(H,20,21). The van der Waals surface area contributed by atoms with Crippen molar-refractivity contribution in [2.75, 3.05) is 7.11 Å². The maximum atomic E-state index is 12.5. The molecule has 0 aliphatic heterocycles. The number of hydrogen-bond donors (Lipinski definition) is 1. The van der Waals surface area contributed by atoms with Crippen LogP contribution in [0.5, 0.6) is 5.75 Å². The van der Waals surface area contributed by atoms with Gasteiger partial charge in [0.05, 0.1) is 12.4 Å². The van der Waals surface area contributed by atoms with Crippen molar-refractivity contribution in [2.24, 2.45) is 5.92 Å². The monoisotopic (exact) mass is 330 g/mol. The first-order valence-electron chi connectivity index (χ1n) is 7.57. The zero-order valence-corrected chi connectivity index (χ0v) is 14.5. The largest absolute Gasteiger partial charge is 0.497 e. The van der Waals surface area contributed by atoms with Crippen LogP contribution in [0.4, 0.5) is 0 Å². The van der Waals surface area contributed by atoms with Crippen molar-refractivity contribution in [1.82, 2.24) is 10.3 Å². The molecular weight excluding hydrogens is 308 g/mol. The van der Waals surface area contributed by atoms with Gasteiger partial charge < -0.3 is 10.1 Å². The van der Waals surface area contributed by atoms with Crippen LogP contribution in [0.1, 0.15) is 19.4 Å². The number of hydrogen-bond acceptors (Lipinski definition) is 4. The summed E-state index contributed by atoms with van der Waals surface area (Å²) in [5.41, 5.74) is 0.995. The van der Waals surface area contributed by atoms with Gasteiger partial charge in [-0.3, -0.25) is 9.78 Å². The van der Waals surface area contributed by atoms with Crippen molar-refractivity contribution in [1.29, 1.82) is 0 Å². The van der Waals surface area contributed by atoms with Gasteiger partial charge in [-0.15, -0.1) is 11.8 Å². The van der Waals surface area contributed by atoms with Crippen molar-refractivity contribution in [2.45, 2.75) is 30.5 Å². The van der Waals surface area contributed by atoms with Crippen LogP contribution in [0.25, 0.3) is 0 Å². The lowest BCUT2D eigenvalue weighted by Crippen LogP contribution is -2.35. The number of carbonyl (C=O) groups excluding carboxylic acids is 1. The summed E-state index contributed by atoms with van der Waals surface area (Å²) in [5.74, 6) is 1.06. The minimum absolute atomic E-state index is 0.0386. The number of rotatable bonds is 7. The van der Waals surface area contributed by atoms with Gasteiger partial charge in [0.1, 0.15) is 5.75 Å². The van der Waals surface area contributed by atoms with Crippen molar-refractivity contribution >= 4 is 17.7 Å². The highest BCUT2D eigenvalue weighted by Crippen LogP contribution is 2.30. The number of nitrogens with zero attached hydrogens (tertiary/aromatic N) is 1. The fourth-order valence-electron chi connectivity index (χ4n) is 2.11. The molecule has 1 atom stereocenters. The molecule has 23 heavy (non-hydrogen) atoms. The van der Waals surface area contributed by atoms with Crippen LogP contribution in [-0.2, 0) is 11.3 Å². The molecule has 2 rings (SSSR count). The van der Waals surface area contributed by atoms with E-state index in [-0.39, 0.29) is 17.1 Å². The zero-order chi connectivity index (χ0) is 16.7. The fourth-order valence-corrected chi connectivity index (χ4v) is 3.20. The molecule has 1 unspecified atom stereocenters. The average molecular weight is 330 g/mol. The lowest BCUT2D eigenvalue weighted by molar-refractivity contribution is -0.121. The second kappa shape index (κ2) is 8.58. The number of carbonyl (C=O) groups is 1. The summed E-state index contributed by atoms with van der Waals surface area (Å²) < 4.78 is 5.24. The Kier molecular flexibility index (Phi) is 6.47. The third-order valence-corrected chi connectivity index (χ3v) is 4.90. The molecule has 2 aromatic rings. The van der Waals surface area contributed by atoms with E-state index in [0.717, 1.165) is 16.2 Å². The highest BCUT2D eigenvalue weighted by Gasteiger charge is 2.23. The molecule has 0 radical (unpaired) electrons. The number of thioether (sulfide) groups is 1. The summed E-state index contributed by atoms with van der Waals surface area (Å²) in [7, 11) is 1.64. The van der Waals surface area contributed by atoms with Crippen molar-refractivity contribution in [3.05, 3.63) is 54.4 Å². The lowest BCUT2D eigenvalue weighted by Gasteiger charge is -2.20.